The van der Waals surface area contributed by atoms with Crippen molar-refractivity contribution in [3.8, 4) is 5.75 Å². The SMILES string of the molecule is Cc1ccc(NS(=O)(=O)c2cccc(C(=O)NCCCNC(=O)c3cccc(O)c3)c2)cc1. The van der Waals surface area contributed by atoms with Gasteiger partial charge in [0.1, 0.15) is 5.75 Å². The van der Waals surface area contributed by atoms with E-state index in [1.807, 2.05) is 6.92 Å². The Kier molecular flexibility index (Phi) is 7.68. The predicted octanol–water partition coefficient (Wildman–Crippen LogP) is 3.05. The molecule has 0 aliphatic heterocycles. The van der Waals surface area contributed by atoms with Crippen molar-refractivity contribution in [3.05, 3.63) is 89.5 Å². The van der Waals surface area contributed by atoms with Crippen LogP contribution in [0.4, 0.5) is 5.69 Å². The van der Waals surface area contributed by atoms with Gasteiger partial charge in [0.05, 0.1) is 4.90 Å². The number of nitrogens with one attached hydrogen (secondary N) is 3. The summed E-state index contributed by atoms with van der Waals surface area (Å²) in [5.41, 5.74) is 2.00. The molecule has 0 saturated carbocycles. The van der Waals surface area contributed by atoms with Crippen molar-refractivity contribution in [2.24, 2.45) is 0 Å². The third kappa shape index (κ3) is 6.81. The molecule has 8 nitrogen and oxygen atoms in total. The summed E-state index contributed by atoms with van der Waals surface area (Å²) in [5.74, 6) is -0.730. The Morgan fingerprint density at radius 2 is 1.39 bits per heavy atom. The zero-order valence-corrected chi connectivity index (χ0v) is 18.9. The summed E-state index contributed by atoms with van der Waals surface area (Å²) < 4.78 is 27.8. The number of amides is 2. The first-order valence-corrected chi connectivity index (χ1v) is 11.8. The third-order valence-corrected chi connectivity index (χ3v) is 6.12. The van der Waals surface area contributed by atoms with Crippen LogP contribution in [0.5, 0.6) is 5.75 Å². The van der Waals surface area contributed by atoms with E-state index in [2.05, 4.69) is 15.4 Å². The van der Waals surface area contributed by atoms with Crippen molar-refractivity contribution in [2.45, 2.75) is 18.2 Å². The van der Waals surface area contributed by atoms with Crippen molar-refractivity contribution in [1.82, 2.24) is 10.6 Å². The number of carbonyl (C=O) groups excluding carboxylic acids is 2. The number of carbonyl (C=O) groups is 2. The molecular weight excluding hydrogens is 442 g/mol. The van der Waals surface area contributed by atoms with Crippen LogP contribution < -0.4 is 15.4 Å². The summed E-state index contributed by atoms with van der Waals surface area (Å²) in [5, 5.41) is 14.8. The molecule has 0 fully saturated rings. The number of aryl methyl sites for hydroxylation is 1. The second kappa shape index (κ2) is 10.6. The monoisotopic (exact) mass is 467 g/mol. The van der Waals surface area contributed by atoms with Gasteiger partial charge in [0.25, 0.3) is 21.8 Å². The maximum Gasteiger partial charge on any atom is 0.261 e. The highest BCUT2D eigenvalue weighted by Crippen LogP contribution is 2.18. The second-order valence-corrected chi connectivity index (χ2v) is 9.10. The zero-order chi connectivity index (χ0) is 23.8. The number of aromatic hydroxyl groups is 1. The van der Waals surface area contributed by atoms with Gasteiger partial charge in [-0.25, -0.2) is 8.42 Å². The van der Waals surface area contributed by atoms with Gasteiger partial charge in [0.15, 0.2) is 0 Å². The molecule has 0 aromatic heterocycles. The lowest BCUT2D eigenvalue weighted by atomic mass is 10.2. The molecule has 0 spiro atoms. The molecule has 3 aromatic carbocycles. The first-order valence-electron chi connectivity index (χ1n) is 10.3. The van der Waals surface area contributed by atoms with E-state index in [1.54, 1.807) is 36.4 Å². The Labute approximate surface area is 192 Å². The molecule has 0 heterocycles. The Bertz CT molecular complexity index is 1240. The minimum absolute atomic E-state index is 0.00761. The minimum atomic E-state index is -3.85. The number of benzene rings is 3. The fourth-order valence-corrected chi connectivity index (χ4v) is 4.09. The average molecular weight is 468 g/mol. The number of hydrogen-bond acceptors (Lipinski definition) is 5. The molecule has 4 N–H and O–H groups in total. The van der Waals surface area contributed by atoms with Gasteiger partial charge in [0, 0.05) is 29.9 Å². The van der Waals surface area contributed by atoms with E-state index >= 15 is 0 Å². The van der Waals surface area contributed by atoms with Crippen LogP contribution in [-0.2, 0) is 10.0 Å². The minimum Gasteiger partial charge on any atom is -0.508 e. The molecule has 0 bridgehead atoms. The first kappa shape index (κ1) is 23.8. The predicted molar refractivity (Wildman–Crippen MR) is 126 cm³/mol. The van der Waals surface area contributed by atoms with Crippen molar-refractivity contribution in [3.63, 3.8) is 0 Å². The van der Waals surface area contributed by atoms with Crippen LogP contribution in [0, 0.1) is 6.92 Å². The molecule has 172 valence electrons. The average Bonchev–Trinajstić information content (AvgIpc) is 2.80. The molecule has 0 radical (unpaired) electrons. The van der Waals surface area contributed by atoms with Crippen LogP contribution in [0.25, 0.3) is 0 Å². The number of phenolic OH excluding ortho intramolecular Hbond substituents is 1. The third-order valence-electron chi connectivity index (χ3n) is 4.74. The van der Waals surface area contributed by atoms with Crippen LogP contribution >= 0.6 is 0 Å². The van der Waals surface area contributed by atoms with E-state index in [4.69, 9.17) is 0 Å². The maximum absolute atomic E-state index is 12.7. The van der Waals surface area contributed by atoms with Crippen molar-refractivity contribution in [2.75, 3.05) is 17.8 Å². The van der Waals surface area contributed by atoms with E-state index in [9.17, 15) is 23.1 Å². The van der Waals surface area contributed by atoms with E-state index in [0.717, 1.165) is 5.56 Å². The van der Waals surface area contributed by atoms with Crippen LogP contribution in [0.15, 0.2) is 77.7 Å². The molecule has 33 heavy (non-hydrogen) atoms. The number of hydrogen-bond donors (Lipinski definition) is 4. The second-order valence-electron chi connectivity index (χ2n) is 7.42. The van der Waals surface area contributed by atoms with Gasteiger partial charge in [-0.2, -0.15) is 0 Å². The molecule has 0 aliphatic rings. The standard InChI is InChI=1S/C24H25N3O5S/c1-17-9-11-20(12-10-17)27-33(31,32)22-8-3-6-19(16-22)24(30)26-14-4-13-25-23(29)18-5-2-7-21(28)15-18/h2-3,5-12,15-16,27-28H,4,13-14H2,1H3,(H,25,29)(H,26,30). The summed E-state index contributed by atoms with van der Waals surface area (Å²) in [6, 6.07) is 18.7. The van der Waals surface area contributed by atoms with Gasteiger partial charge in [-0.05, 0) is 61.9 Å². The summed E-state index contributed by atoms with van der Waals surface area (Å²) >= 11 is 0. The van der Waals surface area contributed by atoms with Gasteiger partial charge in [-0.3, -0.25) is 14.3 Å². The lowest BCUT2D eigenvalue weighted by molar-refractivity contribution is 0.0951. The van der Waals surface area contributed by atoms with E-state index < -0.39 is 15.9 Å². The summed E-state index contributed by atoms with van der Waals surface area (Å²) in [6.45, 7) is 2.52. The Balaban J connectivity index is 1.51. The van der Waals surface area contributed by atoms with E-state index in [0.29, 0.717) is 24.2 Å². The largest absolute Gasteiger partial charge is 0.508 e. The Hall–Kier alpha value is -3.85. The smallest absolute Gasteiger partial charge is 0.261 e. The number of rotatable bonds is 9. The molecular formula is C24H25N3O5S. The van der Waals surface area contributed by atoms with Gasteiger partial charge in [-0.15, -0.1) is 0 Å². The van der Waals surface area contributed by atoms with Crippen molar-refractivity contribution in [1.29, 1.82) is 0 Å². The van der Waals surface area contributed by atoms with Crippen LogP contribution in [-0.4, -0.2) is 38.4 Å². The molecule has 3 rings (SSSR count). The molecule has 0 aliphatic carbocycles. The number of sulfonamides is 1. The fraction of sp³-hybridized carbons (Fsp3) is 0.167. The Morgan fingerprint density at radius 3 is 2.00 bits per heavy atom. The lowest BCUT2D eigenvalue weighted by Crippen LogP contribution is -2.30. The Morgan fingerprint density at radius 1 is 0.818 bits per heavy atom. The van der Waals surface area contributed by atoms with Gasteiger partial charge < -0.3 is 15.7 Å². The molecule has 9 heteroatoms. The highest BCUT2D eigenvalue weighted by molar-refractivity contribution is 7.92. The topological polar surface area (TPSA) is 125 Å². The molecule has 0 unspecified atom stereocenters. The maximum atomic E-state index is 12.7. The zero-order valence-electron chi connectivity index (χ0n) is 18.0. The molecule has 2 amide bonds. The quantitative estimate of drug-likeness (QED) is 0.360. The highest BCUT2D eigenvalue weighted by Gasteiger charge is 2.16. The van der Waals surface area contributed by atoms with Crippen molar-refractivity contribution >= 4 is 27.5 Å². The summed E-state index contributed by atoms with van der Waals surface area (Å²) in [4.78, 5) is 24.4. The first-order chi connectivity index (χ1) is 15.7. The number of anilines is 1. The van der Waals surface area contributed by atoms with Gasteiger partial charge in [-0.1, -0.05) is 29.8 Å². The van der Waals surface area contributed by atoms with Crippen LogP contribution in [0.2, 0.25) is 0 Å². The lowest BCUT2D eigenvalue weighted by Gasteiger charge is -2.10. The molecule has 0 saturated heterocycles. The van der Waals surface area contributed by atoms with Crippen molar-refractivity contribution < 1.29 is 23.1 Å². The summed E-state index contributed by atoms with van der Waals surface area (Å²) in [6.07, 6.45) is 0.475. The van der Waals surface area contributed by atoms with E-state index in [-0.39, 0.29) is 28.7 Å². The molecule has 0 atom stereocenters. The highest BCUT2D eigenvalue weighted by atomic mass is 32.2. The van der Waals surface area contributed by atoms with Crippen LogP contribution in [0.3, 0.4) is 0 Å². The molecule has 3 aromatic rings. The summed E-state index contributed by atoms with van der Waals surface area (Å²) in [7, 11) is -3.85. The van der Waals surface area contributed by atoms with Gasteiger partial charge >= 0.3 is 0 Å². The fourth-order valence-electron chi connectivity index (χ4n) is 2.98. The number of phenols is 1. The normalized spacial score (nSPS) is 10.9. The van der Waals surface area contributed by atoms with E-state index in [1.165, 1.54) is 36.4 Å². The van der Waals surface area contributed by atoms with Gasteiger partial charge in [0.2, 0.25) is 0 Å². The van der Waals surface area contributed by atoms with Crippen LogP contribution in [0.1, 0.15) is 32.7 Å².